The van der Waals surface area contributed by atoms with Crippen molar-refractivity contribution in [3.8, 4) is 11.5 Å². The van der Waals surface area contributed by atoms with E-state index in [1.165, 1.54) is 11.3 Å². The number of likely N-dealkylation sites (N-methyl/N-ethyl adjacent to an activating group) is 1. The van der Waals surface area contributed by atoms with E-state index in [2.05, 4.69) is 21.8 Å². The van der Waals surface area contributed by atoms with Crippen molar-refractivity contribution in [2.75, 3.05) is 25.7 Å². The summed E-state index contributed by atoms with van der Waals surface area (Å²) in [5.74, 6) is 1.36. The van der Waals surface area contributed by atoms with Crippen LogP contribution in [-0.4, -0.2) is 36.2 Å². The molecule has 2 aromatic carbocycles. The molecule has 0 spiro atoms. The topological polar surface area (TPSA) is 63.7 Å². The SMILES string of the molecule is C=CCN(C)C(c1cnc(NC(=O)C2(c3ccc4c(c3)OCO4)CC2)s1)c1ccccc1Cl. The number of benzene rings is 2. The monoisotopic (exact) mass is 481 g/mol. The van der Waals surface area contributed by atoms with E-state index in [1.807, 2.05) is 61.8 Å². The Hall–Kier alpha value is -2.87. The second-order valence-corrected chi connectivity index (χ2v) is 9.79. The number of fused-ring (bicyclic) bond motifs is 1. The number of hydrogen-bond acceptors (Lipinski definition) is 6. The van der Waals surface area contributed by atoms with Crippen LogP contribution in [0.15, 0.2) is 61.3 Å². The normalized spacial score (nSPS) is 16.5. The van der Waals surface area contributed by atoms with Gasteiger partial charge in [-0.25, -0.2) is 4.98 Å². The van der Waals surface area contributed by atoms with Crippen molar-refractivity contribution in [3.05, 3.63) is 82.3 Å². The number of halogens is 1. The molecule has 0 radical (unpaired) electrons. The van der Waals surface area contributed by atoms with Gasteiger partial charge in [-0.3, -0.25) is 9.69 Å². The van der Waals surface area contributed by atoms with Gasteiger partial charge < -0.3 is 14.8 Å². The van der Waals surface area contributed by atoms with Crippen LogP contribution in [0.3, 0.4) is 0 Å². The van der Waals surface area contributed by atoms with E-state index in [0.29, 0.717) is 28.2 Å². The highest BCUT2D eigenvalue weighted by molar-refractivity contribution is 7.15. The number of thiazole rings is 1. The number of rotatable bonds is 8. The quantitative estimate of drug-likeness (QED) is 0.436. The maximum Gasteiger partial charge on any atom is 0.236 e. The van der Waals surface area contributed by atoms with Crippen LogP contribution in [0.1, 0.15) is 34.9 Å². The number of amides is 1. The van der Waals surface area contributed by atoms with E-state index < -0.39 is 5.41 Å². The van der Waals surface area contributed by atoms with Crippen LogP contribution in [0.2, 0.25) is 5.02 Å². The number of carbonyl (C=O) groups excluding carboxylic acids is 1. The van der Waals surface area contributed by atoms with Crippen LogP contribution in [0, 0.1) is 0 Å². The van der Waals surface area contributed by atoms with Gasteiger partial charge in [0.05, 0.1) is 11.5 Å². The van der Waals surface area contributed by atoms with Crippen LogP contribution in [-0.2, 0) is 10.2 Å². The smallest absolute Gasteiger partial charge is 0.236 e. The summed E-state index contributed by atoms with van der Waals surface area (Å²) in [5, 5.41) is 4.31. The van der Waals surface area contributed by atoms with Gasteiger partial charge in [-0.15, -0.1) is 6.58 Å². The maximum atomic E-state index is 13.3. The molecular weight excluding hydrogens is 458 g/mol. The standard InChI is InChI=1S/C25H24ClN3O3S/c1-3-12-29(2)22(17-6-4-5-7-18(17)26)21-14-27-24(33-21)28-23(30)25(10-11-25)16-8-9-19-20(13-16)32-15-31-19/h3-9,13-14,22H,1,10-12,15H2,2H3,(H,27,28,30). The largest absolute Gasteiger partial charge is 0.454 e. The zero-order valence-corrected chi connectivity index (χ0v) is 19.8. The predicted molar refractivity (Wildman–Crippen MR) is 130 cm³/mol. The van der Waals surface area contributed by atoms with Crippen molar-refractivity contribution in [1.29, 1.82) is 0 Å². The molecule has 1 fully saturated rings. The Morgan fingerprint density at radius 2 is 2.09 bits per heavy atom. The number of ether oxygens (including phenoxy) is 2. The van der Waals surface area contributed by atoms with Gasteiger partial charge in [0.25, 0.3) is 0 Å². The van der Waals surface area contributed by atoms with Crippen LogP contribution in [0.25, 0.3) is 0 Å². The Kier molecular flexibility index (Phi) is 5.86. The first-order valence-electron chi connectivity index (χ1n) is 10.7. The molecule has 2 aliphatic rings. The first kappa shape index (κ1) is 21.9. The molecule has 1 N–H and O–H groups in total. The number of carbonyl (C=O) groups is 1. The van der Waals surface area contributed by atoms with Crippen LogP contribution in [0.4, 0.5) is 5.13 Å². The number of anilines is 1. The van der Waals surface area contributed by atoms with E-state index in [-0.39, 0.29) is 18.7 Å². The molecule has 1 atom stereocenters. The number of hydrogen-bond donors (Lipinski definition) is 1. The van der Waals surface area contributed by atoms with Gasteiger partial charge in [-0.05, 0) is 49.2 Å². The van der Waals surface area contributed by atoms with Crippen molar-refractivity contribution in [2.24, 2.45) is 0 Å². The van der Waals surface area contributed by atoms with Crippen LogP contribution >= 0.6 is 22.9 Å². The summed E-state index contributed by atoms with van der Waals surface area (Å²) in [4.78, 5) is 20.9. The molecule has 170 valence electrons. The molecule has 2 heterocycles. The molecular formula is C25H24ClN3O3S. The second kappa shape index (κ2) is 8.82. The fourth-order valence-electron chi connectivity index (χ4n) is 4.27. The Balaban J connectivity index is 1.38. The molecule has 0 bridgehead atoms. The Labute approximate surface area is 201 Å². The van der Waals surface area contributed by atoms with E-state index in [4.69, 9.17) is 21.1 Å². The van der Waals surface area contributed by atoms with Crippen molar-refractivity contribution < 1.29 is 14.3 Å². The molecule has 33 heavy (non-hydrogen) atoms. The molecule has 1 saturated carbocycles. The van der Waals surface area contributed by atoms with Gasteiger partial charge in [0.2, 0.25) is 12.7 Å². The molecule has 0 saturated heterocycles. The summed E-state index contributed by atoms with van der Waals surface area (Å²) >= 11 is 7.99. The molecule has 1 aliphatic heterocycles. The van der Waals surface area contributed by atoms with Gasteiger partial charge in [0.15, 0.2) is 16.6 Å². The second-order valence-electron chi connectivity index (χ2n) is 8.32. The Bertz CT molecular complexity index is 1210. The van der Waals surface area contributed by atoms with E-state index >= 15 is 0 Å². The minimum Gasteiger partial charge on any atom is -0.454 e. The molecule has 1 aromatic heterocycles. The minimum atomic E-state index is -0.547. The molecule has 1 aliphatic carbocycles. The lowest BCUT2D eigenvalue weighted by Gasteiger charge is -2.27. The Morgan fingerprint density at radius 1 is 1.30 bits per heavy atom. The molecule has 3 aromatic rings. The van der Waals surface area contributed by atoms with Crippen molar-refractivity contribution in [2.45, 2.75) is 24.3 Å². The summed E-state index contributed by atoms with van der Waals surface area (Å²) in [5.41, 5.74) is 1.39. The third-order valence-electron chi connectivity index (χ3n) is 6.18. The van der Waals surface area contributed by atoms with Gasteiger partial charge in [-0.1, -0.05) is 53.3 Å². The van der Waals surface area contributed by atoms with Crippen LogP contribution in [0.5, 0.6) is 11.5 Å². The third kappa shape index (κ3) is 4.12. The predicted octanol–water partition coefficient (Wildman–Crippen LogP) is 5.40. The van der Waals surface area contributed by atoms with Crippen molar-refractivity contribution >= 4 is 34.0 Å². The number of nitrogens with zero attached hydrogens (tertiary/aromatic N) is 2. The van der Waals surface area contributed by atoms with E-state index in [0.717, 1.165) is 28.8 Å². The summed E-state index contributed by atoms with van der Waals surface area (Å²) < 4.78 is 10.9. The van der Waals surface area contributed by atoms with Gasteiger partial charge >= 0.3 is 0 Å². The molecule has 5 rings (SSSR count). The minimum absolute atomic E-state index is 0.0454. The number of aromatic nitrogens is 1. The molecule has 6 nitrogen and oxygen atoms in total. The highest BCUT2D eigenvalue weighted by Crippen LogP contribution is 2.51. The number of nitrogens with one attached hydrogen (secondary N) is 1. The fraction of sp³-hybridized carbons (Fsp3) is 0.280. The molecule has 1 amide bonds. The average molecular weight is 482 g/mol. The van der Waals surface area contributed by atoms with E-state index in [9.17, 15) is 4.79 Å². The lowest BCUT2D eigenvalue weighted by molar-refractivity contribution is -0.118. The van der Waals surface area contributed by atoms with Gasteiger partial charge in [-0.2, -0.15) is 0 Å². The molecule has 8 heteroatoms. The maximum absolute atomic E-state index is 13.3. The summed E-state index contributed by atoms with van der Waals surface area (Å²) in [6, 6.07) is 13.4. The highest BCUT2D eigenvalue weighted by Gasteiger charge is 2.52. The lowest BCUT2D eigenvalue weighted by atomic mass is 9.94. The fourth-order valence-corrected chi connectivity index (χ4v) is 5.50. The summed E-state index contributed by atoms with van der Waals surface area (Å²) in [7, 11) is 2.02. The zero-order chi connectivity index (χ0) is 23.0. The van der Waals surface area contributed by atoms with Gasteiger partial charge in [0, 0.05) is 22.6 Å². The first-order chi connectivity index (χ1) is 16.0. The Morgan fingerprint density at radius 3 is 2.85 bits per heavy atom. The van der Waals surface area contributed by atoms with Gasteiger partial charge in [0.1, 0.15) is 0 Å². The zero-order valence-electron chi connectivity index (χ0n) is 18.2. The van der Waals surface area contributed by atoms with Crippen molar-refractivity contribution in [3.63, 3.8) is 0 Å². The molecule has 1 unspecified atom stereocenters. The average Bonchev–Trinajstić information content (AvgIpc) is 3.27. The summed E-state index contributed by atoms with van der Waals surface area (Å²) in [6.45, 7) is 4.76. The van der Waals surface area contributed by atoms with E-state index in [1.54, 1.807) is 0 Å². The van der Waals surface area contributed by atoms with Crippen molar-refractivity contribution in [1.82, 2.24) is 9.88 Å². The highest BCUT2D eigenvalue weighted by atomic mass is 35.5. The summed E-state index contributed by atoms with van der Waals surface area (Å²) in [6.07, 6.45) is 5.26. The lowest BCUT2D eigenvalue weighted by Crippen LogP contribution is -2.27. The third-order valence-corrected chi connectivity index (χ3v) is 7.49. The van der Waals surface area contributed by atoms with Crippen LogP contribution < -0.4 is 14.8 Å². The first-order valence-corrected chi connectivity index (χ1v) is 11.9.